The van der Waals surface area contributed by atoms with Gasteiger partial charge in [-0.1, -0.05) is 32.0 Å². The van der Waals surface area contributed by atoms with Gasteiger partial charge in [-0.3, -0.25) is 14.4 Å². The molecule has 0 spiro atoms. The number of hydrogen-bond donors (Lipinski definition) is 1. The van der Waals surface area contributed by atoms with Crippen molar-refractivity contribution in [1.82, 2.24) is 9.80 Å². The molecule has 27 heavy (non-hydrogen) atoms. The number of rotatable bonds is 4. The molecule has 146 valence electrons. The second-order valence-electron chi connectivity index (χ2n) is 8.08. The fraction of sp³-hybridized carbons (Fsp3) is 0.571. The van der Waals surface area contributed by atoms with Crippen molar-refractivity contribution in [1.29, 1.82) is 0 Å². The van der Waals surface area contributed by atoms with Gasteiger partial charge in [0.15, 0.2) is 0 Å². The Labute approximate surface area is 160 Å². The third kappa shape index (κ3) is 3.70. The van der Waals surface area contributed by atoms with E-state index in [-0.39, 0.29) is 30.2 Å². The van der Waals surface area contributed by atoms with Crippen LogP contribution in [0.2, 0.25) is 0 Å². The molecule has 1 aromatic carbocycles. The molecule has 2 fully saturated rings. The van der Waals surface area contributed by atoms with E-state index >= 15 is 0 Å². The Morgan fingerprint density at radius 3 is 2.41 bits per heavy atom. The molecule has 6 heteroatoms. The molecular weight excluding hydrogens is 344 g/mol. The molecule has 2 amide bonds. The number of piperidine rings is 1. The van der Waals surface area contributed by atoms with E-state index in [1.807, 2.05) is 32.0 Å². The standard InChI is InChI=1S/C21H28N2O4/c1-15(2)21(20(26)27)10-12-23(14-21)19(25)17-9-6-11-22(13-17)18(24)16-7-4-3-5-8-16/h3-5,7-8,15,17H,6,9-14H2,1-2H3,(H,26,27). The van der Waals surface area contributed by atoms with Gasteiger partial charge in [0, 0.05) is 31.7 Å². The van der Waals surface area contributed by atoms with E-state index in [9.17, 15) is 19.5 Å². The van der Waals surface area contributed by atoms with Crippen LogP contribution in [-0.2, 0) is 9.59 Å². The zero-order chi connectivity index (χ0) is 19.6. The summed E-state index contributed by atoms with van der Waals surface area (Å²) in [6, 6.07) is 9.12. The Morgan fingerprint density at radius 1 is 1.11 bits per heavy atom. The molecule has 6 nitrogen and oxygen atoms in total. The van der Waals surface area contributed by atoms with Crippen molar-refractivity contribution in [3.63, 3.8) is 0 Å². The number of carbonyl (C=O) groups is 3. The number of carbonyl (C=O) groups excluding carboxylic acids is 2. The van der Waals surface area contributed by atoms with Crippen LogP contribution in [0.25, 0.3) is 0 Å². The molecule has 2 heterocycles. The molecule has 0 bridgehead atoms. The smallest absolute Gasteiger partial charge is 0.311 e. The first-order chi connectivity index (χ1) is 12.8. The van der Waals surface area contributed by atoms with Crippen LogP contribution < -0.4 is 0 Å². The van der Waals surface area contributed by atoms with Gasteiger partial charge in [0.2, 0.25) is 5.91 Å². The minimum absolute atomic E-state index is 0.00987. The van der Waals surface area contributed by atoms with Gasteiger partial charge < -0.3 is 14.9 Å². The quantitative estimate of drug-likeness (QED) is 0.881. The second kappa shape index (κ2) is 7.71. The summed E-state index contributed by atoms with van der Waals surface area (Å²) < 4.78 is 0. The van der Waals surface area contributed by atoms with Gasteiger partial charge in [-0.25, -0.2) is 0 Å². The molecule has 2 aliphatic heterocycles. The average molecular weight is 372 g/mol. The number of amides is 2. The minimum Gasteiger partial charge on any atom is -0.481 e. The first-order valence-corrected chi connectivity index (χ1v) is 9.71. The normalized spacial score (nSPS) is 25.7. The molecule has 3 rings (SSSR count). The van der Waals surface area contributed by atoms with Crippen LogP contribution in [0.1, 0.15) is 43.5 Å². The lowest BCUT2D eigenvalue weighted by Gasteiger charge is -2.35. The molecule has 0 aromatic heterocycles. The predicted molar refractivity (Wildman–Crippen MR) is 101 cm³/mol. The number of hydrogen-bond acceptors (Lipinski definition) is 3. The lowest BCUT2D eigenvalue weighted by atomic mass is 9.76. The third-order valence-corrected chi connectivity index (χ3v) is 6.22. The van der Waals surface area contributed by atoms with Crippen molar-refractivity contribution < 1.29 is 19.5 Å². The molecule has 2 aliphatic rings. The fourth-order valence-corrected chi connectivity index (χ4v) is 4.30. The van der Waals surface area contributed by atoms with E-state index < -0.39 is 11.4 Å². The van der Waals surface area contributed by atoms with Crippen molar-refractivity contribution in [2.45, 2.75) is 33.1 Å². The molecule has 1 N–H and O–H groups in total. The van der Waals surface area contributed by atoms with Gasteiger partial charge in [0.05, 0.1) is 11.3 Å². The largest absolute Gasteiger partial charge is 0.481 e. The van der Waals surface area contributed by atoms with E-state index in [1.165, 1.54) is 0 Å². The topological polar surface area (TPSA) is 77.9 Å². The third-order valence-electron chi connectivity index (χ3n) is 6.22. The molecule has 0 radical (unpaired) electrons. The zero-order valence-corrected chi connectivity index (χ0v) is 16.1. The van der Waals surface area contributed by atoms with Crippen molar-refractivity contribution >= 4 is 17.8 Å². The zero-order valence-electron chi connectivity index (χ0n) is 16.1. The lowest BCUT2D eigenvalue weighted by Crippen LogP contribution is -2.47. The van der Waals surface area contributed by atoms with Gasteiger partial charge in [-0.05, 0) is 37.3 Å². The maximum atomic E-state index is 13.0. The molecule has 2 atom stereocenters. The van der Waals surface area contributed by atoms with E-state index in [0.717, 1.165) is 12.8 Å². The van der Waals surface area contributed by atoms with E-state index in [0.29, 0.717) is 31.6 Å². The summed E-state index contributed by atoms with van der Waals surface area (Å²) in [6.07, 6.45) is 2.03. The summed E-state index contributed by atoms with van der Waals surface area (Å²) in [4.78, 5) is 41.0. The first kappa shape index (κ1) is 19.4. The highest BCUT2D eigenvalue weighted by Crippen LogP contribution is 2.39. The number of carboxylic acids is 1. The molecule has 0 aliphatic carbocycles. The molecule has 2 unspecified atom stereocenters. The fourth-order valence-electron chi connectivity index (χ4n) is 4.30. The van der Waals surface area contributed by atoms with Crippen LogP contribution in [-0.4, -0.2) is 58.9 Å². The highest BCUT2D eigenvalue weighted by Gasteiger charge is 2.49. The first-order valence-electron chi connectivity index (χ1n) is 9.71. The van der Waals surface area contributed by atoms with Crippen LogP contribution >= 0.6 is 0 Å². The van der Waals surface area contributed by atoms with Crippen LogP contribution in [0.4, 0.5) is 0 Å². The van der Waals surface area contributed by atoms with Gasteiger partial charge in [0.1, 0.15) is 0 Å². The van der Waals surface area contributed by atoms with Gasteiger partial charge >= 0.3 is 5.97 Å². The Bertz CT molecular complexity index is 718. The van der Waals surface area contributed by atoms with Gasteiger partial charge in [0.25, 0.3) is 5.91 Å². The van der Waals surface area contributed by atoms with Crippen LogP contribution in [0.3, 0.4) is 0 Å². The summed E-state index contributed by atoms with van der Waals surface area (Å²) in [5, 5.41) is 9.69. The maximum Gasteiger partial charge on any atom is 0.311 e. The van der Waals surface area contributed by atoms with Crippen LogP contribution in [0, 0.1) is 17.3 Å². The Kier molecular flexibility index (Phi) is 5.53. The summed E-state index contributed by atoms with van der Waals surface area (Å²) in [7, 11) is 0. The number of nitrogens with zero attached hydrogens (tertiary/aromatic N) is 2. The minimum atomic E-state index is -0.857. The van der Waals surface area contributed by atoms with Crippen molar-refractivity contribution in [3.8, 4) is 0 Å². The highest BCUT2D eigenvalue weighted by molar-refractivity contribution is 5.94. The SMILES string of the molecule is CC(C)C1(C(=O)O)CCN(C(=O)C2CCCN(C(=O)c3ccccc3)C2)C1. The summed E-state index contributed by atoms with van der Waals surface area (Å²) in [5.41, 5.74) is -0.222. The van der Waals surface area contributed by atoms with Crippen molar-refractivity contribution in [3.05, 3.63) is 35.9 Å². The van der Waals surface area contributed by atoms with Gasteiger partial charge in [-0.2, -0.15) is 0 Å². The molecular formula is C21H28N2O4. The molecule has 1 aromatic rings. The Morgan fingerprint density at radius 2 is 1.81 bits per heavy atom. The highest BCUT2D eigenvalue weighted by atomic mass is 16.4. The van der Waals surface area contributed by atoms with Crippen molar-refractivity contribution in [2.24, 2.45) is 17.3 Å². The average Bonchev–Trinajstić information content (AvgIpc) is 3.15. The predicted octanol–water partition coefficient (Wildman–Crippen LogP) is 2.50. The molecule has 0 saturated carbocycles. The number of likely N-dealkylation sites (tertiary alicyclic amines) is 2. The van der Waals surface area contributed by atoms with E-state index in [1.54, 1.807) is 21.9 Å². The van der Waals surface area contributed by atoms with Crippen LogP contribution in [0.5, 0.6) is 0 Å². The Hall–Kier alpha value is -2.37. The monoisotopic (exact) mass is 372 g/mol. The Balaban J connectivity index is 1.67. The lowest BCUT2D eigenvalue weighted by molar-refractivity contribution is -0.151. The van der Waals surface area contributed by atoms with Crippen molar-refractivity contribution in [2.75, 3.05) is 26.2 Å². The summed E-state index contributed by atoms with van der Waals surface area (Å²) in [5.74, 6) is -1.16. The number of carboxylic acid groups (broad SMARTS) is 1. The summed E-state index contributed by atoms with van der Waals surface area (Å²) >= 11 is 0. The molecule has 2 saturated heterocycles. The maximum absolute atomic E-state index is 13.0. The second-order valence-corrected chi connectivity index (χ2v) is 8.08. The van der Waals surface area contributed by atoms with E-state index in [4.69, 9.17) is 0 Å². The van der Waals surface area contributed by atoms with Crippen LogP contribution in [0.15, 0.2) is 30.3 Å². The number of aliphatic carboxylic acids is 1. The van der Waals surface area contributed by atoms with E-state index in [2.05, 4.69) is 0 Å². The van der Waals surface area contributed by atoms with Gasteiger partial charge in [-0.15, -0.1) is 0 Å². The summed E-state index contributed by atoms with van der Waals surface area (Å²) in [6.45, 7) is 5.62. The number of benzene rings is 1.